The van der Waals surface area contributed by atoms with Gasteiger partial charge in [0, 0.05) is 21.9 Å². The van der Waals surface area contributed by atoms with Crippen LogP contribution in [0.15, 0.2) is 121 Å². The fourth-order valence-electron chi connectivity index (χ4n) is 7.54. The van der Waals surface area contributed by atoms with Crippen LogP contribution in [-0.4, -0.2) is 14.4 Å². The number of allylic oxidation sites excluding steroid dienone is 3. The molecule has 0 N–H and O–H groups in total. The molecular weight excluding hydrogens is 583 g/mol. The SMILES string of the molecule is CC/C=c1/ccc(-c2nc3cc(-c4ccc5ccccc5c4)ccc3c3nc4c5c(c6ccccc6c4n23)CC=CC=C5)c/c1=C/CC. The minimum absolute atomic E-state index is 0.874. The van der Waals surface area contributed by atoms with Gasteiger partial charge in [0.25, 0.3) is 0 Å². The first-order valence-electron chi connectivity index (χ1n) is 17.0. The van der Waals surface area contributed by atoms with Crippen LogP contribution >= 0.6 is 0 Å². The van der Waals surface area contributed by atoms with E-state index in [2.05, 4.69) is 158 Å². The Labute approximate surface area is 279 Å². The molecule has 3 nitrogen and oxygen atoms in total. The lowest BCUT2D eigenvalue weighted by atomic mass is 9.95. The zero-order valence-corrected chi connectivity index (χ0v) is 27.2. The highest BCUT2D eigenvalue weighted by atomic mass is 15.1. The van der Waals surface area contributed by atoms with Crippen LogP contribution in [0, 0.1) is 0 Å². The number of rotatable bonds is 4. The second-order valence-electron chi connectivity index (χ2n) is 12.7. The minimum Gasteiger partial charge on any atom is -0.275 e. The van der Waals surface area contributed by atoms with Crippen molar-refractivity contribution >= 4 is 67.4 Å². The van der Waals surface area contributed by atoms with E-state index in [-0.39, 0.29) is 0 Å². The molecule has 0 fully saturated rings. The summed E-state index contributed by atoms with van der Waals surface area (Å²) in [6, 6.07) is 37.5. The molecule has 48 heavy (non-hydrogen) atoms. The standard InChI is InChI=1S/C45H35N3/c1-3-12-29-21-23-35(27-31(29)13-4-2)44-46-41-28-34(33-22-20-30-14-8-9-15-32(30)26-33)24-25-40(41)45-47-42-38-18-7-5-6-16-36(38)37-17-10-11-19-39(37)43(42)48(44)45/h5-15,17-28H,3-4,16H2,1-2H3/b29-12-,31-13-. The van der Waals surface area contributed by atoms with Gasteiger partial charge >= 0.3 is 0 Å². The Bertz CT molecular complexity index is 2780. The maximum Gasteiger partial charge on any atom is 0.149 e. The second-order valence-corrected chi connectivity index (χ2v) is 12.7. The molecule has 1 aliphatic rings. The molecular formula is C45H35N3. The Hall–Kier alpha value is -5.80. The lowest BCUT2D eigenvalue weighted by Crippen LogP contribution is -2.24. The van der Waals surface area contributed by atoms with Gasteiger partial charge in [0.15, 0.2) is 0 Å². The zero-order valence-electron chi connectivity index (χ0n) is 27.2. The van der Waals surface area contributed by atoms with Crippen LogP contribution in [-0.2, 0) is 6.42 Å². The van der Waals surface area contributed by atoms with E-state index in [1.54, 1.807) is 0 Å². The summed E-state index contributed by atoms with van der Waals surface area (Å²) in [5, 5.41) is 8.50. The molecule has 3 heteroatoms. The molecule has 9 rings (SSSR count). The number of hydrogen-bond donors (Lipinski definition) is 0. The van der Waals surface area contributed by atoms with Crippen molar-refractivity contribution in [2.75, 3.05) is 0 Å². The van der Waals surface area contributed by atoms with Crippen molar-refractivity contribution in [1.29, 1.82) is 0 Å². The summed E-state index contributed by atoms with van der Waals surface area (Å²) in [5.74, 6) is 0.908. The highest BCUT2D eigenvalue weighted by Gasteiger charge is 2.22. The Morgan fingerprint density at radius 3 is 2.27 bits per heavy atom. The highest BCUT2D eigenvalue weighted by Crippen LogP contribution is 2.39. The summed E-state index contributed by atoms with van der Waals surface area (Å²) in [6.45, 7) is 4.40. The number of benzene rings is 6. The highest BCUT2D eigenvalue weighted by molar-refractivity contribution is 6.14. The fraction of sp³-hybridized carbons (Fsp3) is 0.111. The zero-order chi connectivity index (χ0) is 32.2. The van der Waals surface area contributed by atoms with Crippen molar-refractivity contribution in [3.63, 3.8) is 0 Å². The molecule has 0 saturated carbocycles. The lowest BCUT2D eigenvalue weighted by molar-refractivity contribution is 1.16. The molecule has 0 atom stereocenters. The molecule has 0 bridgehead atoms. The quantitative estimate of drug-likeness (QED) is 0.197. The third-order valence-corrected chi connectivity index (χ3v) is 9.75. The van der Waals surface area contributed by atoms with Crippen LogP contribution in [0.5, 0.6) is 0 Å². The molecule has 0 unspecified atom stereocenters. The second kappa shape index (κ2) is 11.5. The predicted octanol–water partition coefficient (Wildman–Crippen LogP) is 10.2. The fourth-order valence-corrected chi connectivity index (χ4v) is 7.54. The van der Waals surface area contributed by atoms with E-state index < -0.39 is 0 Å². The molecule has 0 spiro atoms. The molecule has 0 aliphatic heterocycles. The monoisotopic (exact) mass is 617 g/mol. The summed E-state index contributed by atoms with van der Waals surface area (Å²) in [5.41, 5.74) is 9.93. The van der Waals surface area contributed by atoms with Gasteiger partial charge in [-0.1, -0.05) is 129 Å². The van der Waals surface area contributed by atoms with Crippen molar-refractivity contribution < 1.29 is 0 Å². The summed E-state index contributed by atoms with van der Waals surface area (Å²) < 4.78 is 2.33. The van der Waals surface area contributed by atoms with E-state index in [9.17, 15) is 0 Å². The van der Waals surface area contributed by atoms with E-state index in [0.717, 1.165) is 63.8 Å². The summed E-state index contributed by atoms with van der Waals surface area (Å²) in [7, 11) is 0. The van der Waals surface area contributed by atoms with Crippen molar-refractivity contribution in [3.05, 3.63) is 143 Å². The van der Waals surface area contributed by atoms with Gasteiger partial charge in [-0.05, 0) is 86.8 Å². The first-order chi connectivity index (χ1) is 23.7. The summed E-state index contributed by atoms with van der Waals surface area (Å²) >= 11 is 0. The van der Waals surface area contributed by atoms with Crippen molar-refractivity contribution in [2.45, 2.75) is 33.1 Å². The molecule has 0 radical (unpaired) electrons. The van der Waals surface area contributed by atoms with Crippen molar-refractivity contribution in [1.82, 2.24) is 14.4 Å². The van der Waals surface area contributed by atoms with E-state index >= 15 is 0 Å². The maximum absolute atomic E-state index is 5.53. The third kappa shape index (κ3) is 4.50. The molecule has 0 amide bonds. The smallest absolute Gasteiger partial charge is 0.149 e. The Morgan fingerprint density at radius 1 is 0.646 bits per heavy atom. The molecule has 230 valence electrons. The molecule has 2 aromatic heterocycles. The molecule has 0 saturated heterocycles. The number of aromatic nitrogens is 3. The lowest BCUT2D eigenvalue weighted by Gasteiger charge is -2.14. The molecule has 8 aromatic rings. The van der Waals surface area contributed by atoms with Crippen molar-refractivity contribution in [2.24, 2.45) is 0 Å². The number of hydrogen-bond acceptors (Lipinski definition) is 2. The van der Waals surface area contributed by atoms with Crippen LogP contribution in [0.2, 0.25) is 0 Å². The van der Waals surface area contributed by atoms with E-state index in [0.29, 0.717) is 0 Å². The first kappa shape index (κ1) is 28.4. The van der Waals surface area contributed by atoms with E-state index in [4.69, 9.17) is 9.97 Å². The Kier molecular flexibility index (Phi) is 6.79. The predicted molar refractivity (Wildman–Crippen MR) is 205 cm³/mol. The van der Waals surface area contributed by atoms with Gasteiger partial charge in [0.2, 0.25) is 0 Å². The van der Waals surface area contributed by atoms with Gasteiger partial charge in [-0.2, -0.15) is 0 Å². The van der Waals surface area contributed by atoms with Gasteiger partial charge < -0.3 is 0 Å². The van der Waals surface area contributed by atoms with Crippen LogP contribution in [0.1, 0.15) is 37.8 Å². The van der Waals surface area contributed by atoms with Gasteiger partial charge in [-0.15, -0.1) is 0 Å². The summed E-state index contributed by atoms with van der Waals surface area (Å²) in [4.78, 5) is 11.0. The third-order valence-electron chi connectivity index (χ3n) is 9.75. The van der Waals surface area contributed by atoms with Gasteiger partial charge in [0.05, 0.1) is 16.6 Å². The number of fused-ring (bicyclic) bond motifs is 11. The van der Waals surface area contributed by atoms with Crippen molar-refractivity contribution in [3.8, 4) is 22.5 Å². The average Bonchev–Trinajstić information content (AvgIpc) is 3.36. The van der Waals surface area contributed by atoms with Crippen LogP contribution in [0.4, 0.5) is 0 Å². The summed E-state index contributed by atoms with van der Waals surface area (Å²) in [6.07, 6.45) is 16.2. The van der Waals surface area contributed by atoms with E-state index in [1.807, 2.05) is 0 Å². The number of imidazole rings is 1. The van der Waals surface area contributed by atoms with Crippen LogP contribution < -0.4 is 10.4 Å². The number of nitrogens with zero attached hydrogens (tertiary/aromatic N) is 3. The van der Waals surface area contributed by atoms with Gasteiger partial charge in [-0.25, -0.2) is 9.97 Å². The molecule has 2 heterocycles. The Balaban J connectivity index is 1.42. The first-order valence-corrected chi connectivity index (χ1v) is 17.0. The molecule has 1 aliphatic carbocycles. The van der Waals surface area contributed by atoms with Crippen LogP contribution in [0.25, 0.3) is 89.9 Å². The van der Waals surface area contributed by atoms with Gasteiger partial charge in [0.1, 0.15) is 11.5 Å². The van der Waals surface area contributed by atoms with E-state index in [1.165, 1.54) is 48.7 Å². The topological polar surface area (TPSA) is 30.2 Å². The molecule has 6 aromatic carbocycles. The Morgan fingerprint density at radius 2 is 1.40 bits per heavy atom. The minimum atomic E-state index is 0.874. The van der Waals surface area contributed by atoms with Crippen LogP contribution in [0.3, 0.4) is 0 Å². The maximum atomic E-state index is 5.53. The largest absolute Gasteiger partial charge is 0.275 e. The van der Waals surface area contributed by atoms with Gasteiger partial charge in [-0.3, -0.25) is 4.40 Å². The normalized spacial score (nSPS) is 13.8. The average molecular weight is 618 g/mol.